The van der Waals surface area contributed by atoms with Gasteiger partial charge in [-0.1, -0.05) is 76.6 Å². The molecule has 0 radical (unpaired) electrons. The van der Waals surface area contributed by atoms with E-state index in [1.54, 1.807) is 26.9 Å². The number of likely N-dealkylation sites (tertiary alicyclic amines) is 1. The van der Waals surface area contributed by atoms with E-state index in [4.69, 9.17) is 4.74 Å². The molecule has 3 heterocycles. The molecule has 2 bridgehead atoms. The highest BCUT2D eigenvalue weighted by Crippen LogP contribution is 2.65. The largest absolute Gasteiger partial charge is 0.394 e. The van der Waals surface area contributed by atoms with Crippen LogP contribution in [-0.2, 0) is 25.7 Å². The van der Waals surface area contributed by atoms with Crippen molar-refractivity contribution < 1.29 is 24.2 Å². The number of carbonyl (C=O) groups is 3. The van der Waals surface area contributed by atoms with Gasteiger partial charge < -0.3 is 24.5 Å². The van der Waals surface area contributed by atoms with E-state index in [1.165, 1.54) is 0 Å². The van der Waals surface area contributed by atoms with E-state index in [9.17, 15) is 19.5 Å². The predicted octanol–water partition coefficient (Wildman–Crippen LogP) is 4.58. The van der Waals surface area contributed by atoms with E-state index in [-0.39, 0.29) is 36.3 Å². The third-order valence-electron chi connectivity index (χ3n) is 10.2. The standard InChI is InChI=1S/C35H51N3O5/c1-8-15-25(7)37(21-10-3)33(42)30-35-19-18-34(11-4,43-35)28(29(35)32(41)38(30)27(23-39)24(5)6)31(40)36(20-9-2)22-26-16-13-12-14-17-26/h9-10,12-14,16-17,24-25,27-30,39H,2-3,8,11,15,18-23H2,1,4-7H3/t25?,27-,28-,29-,30?,34+,35?/m0/s1. The molecule has 3 aliphatic rings. The lowest BCUT2D eigenvalue weighted by atomic mass is 9.64. The van der Waals surface area contributed by atoms with E-state index in [0.29, 0.717) is 38.9 Å². The van der Waals surface area contributed by atoms with E-state index in [1.807, 2.05) is 58.0 Å². The summed E-state index contributed by atoms with van der Waals surface area (Å²) in [7, 11) is 0. The molecule has 7 atom stereocenters. The number of fused-ring (bicyclic) bond motifs is 1. The molecule has 3 saturated heterocycles. The number of aliphatic hydroxyl groups is 1. The van der Waals surface area contributed by atoms with Crippen LogP contribution in [0.3, 0.4) is 0 Å². The Hall–Kier alpha value is -2.97. The molecule has 1 aromatic rings. The van der Waals surface area contributed by atoms with Crippen LogP contribution in [-0.4, -0.2) is 86.6 Å². The summed E-state index contributed by atoms with van der Waals surface area (Å²) in [5.41, 5.74) is -1.01. The van der Waals surface area contributed by atoms with Crippen LogP contribution in [0.2, 0.25) is 0 Å². The van der Waals surface area contributed by atoms with E-state index in [0.717, 1.165) is 18.4 Å². The maximum atomic E-state index is 14.7. The first-order valence-corrected chi connectivity index (χ1v) is 16.1. The smallest absolute Gasteiger partial charge is 0.248 e. The first kappa shape index (κ1) is 32.9. The molecule has 0 aromatic heterocycles. The molecule has 236 valence electrons. The maximum absolute atomic E-state index is 14.7. The molecule has 3 fully saturated rings. The zero-order valence-electron chi connectivity index (χ0n) is 26.7. The van der Waals surface area contributed by atoms with Crippen LogP contribution in [0.4, 0.5) is 0 Å². The zero-order chi connectivity index (χ0) is 31.5. The monoisotopic (exact) mass is 593 g/mol. The first-order chi connectivity index (χ1) is 20.6. The van der Waals surface area contributed by atoms with E-state index < -0.39 is 35.1 Å². The maximum Gasteiger partial charge on any atom is 0.248 e. The molecular formula is C35H51N3O5. The Balaban J connectivity index is 1.84. The van der Waals surface area contributed by atoms with Gasteiger partial charge >= 0.3 is 0 Å². The van der Waals surface area contributed by atoms with Crippen molar-refractivity contribution in [3.05, 3.63) is 61.2 Å². The second kappa shape index (κ2) is 13.3. The molecule has 1 aromatic carbocycles. The van der Waals surface area contributed by atoms with Crippen molar-refractivity contribution in [3.8, 4) is 0 Å². The summed E-state index contributed by atoms with van der Waals surface area (Å²) < 4.78 is 7.02. The van der Waals surface area contributed by atoms with Crippen LogP contribution in [0.15, 0.2) is 55.6 Å². The summed E-state index contributed by atoms with van der Waals surface area (Å²) in [6.07, 6.45) is 6.79. The molecule has 3 unspecified atom stereocenters. The van der Waals surface area contributed by atoms with Crippen LogP contribution < -0.4 is 0 Å². The van der Waals surface area contributed by atoms with Gasteiger partial charge in [0.1, 0.15) is 11.6 Å². The Kier molecular flexibility index (Phi) is 10.2. The second-order valence-corrected chi connectivity index (χ2v) is 13.0. The fourth-order valence-corrected chi connectivity index (χ4v) is 8.03. The zero-order valence-corrected chi connectivity index (χ0v) is 26.7. The summed E-state index contributed by atoms with van der Waals surface area (Å²) in [4.78, 5) is 49.3. The highest BCUT2D eigenvalue weighted by atomic mass is 16.5. The van der Waals surface area contributed by atoms with Crippen molar-refractivity contribution in [2.75, 3.05) is 19.7 Å². The van der Waals surface area contributed by atoms with Crippen molar-refractivity contribution in [1.29, 1.82) is 0 Å². The van der Waals surface area contributed by atoms with E-state index >= 15 is 0 Å². The lowest BCUT2D eigenvalue weighted by molar-refractivity contribution is -0.160. The number of hydrogen-bond donors (Lipinski definition) is 1. The van der Waals surface area contributed by atoms with Gasteiger partial charge in [0.15, 0.2) is 0 Å². The number of aliphatic hydroxyl groups excluding tert-OH is 1. The molecular weight excluding hydrogens is 542 g/mol. The van der Waals surface area contributed by atoms with Gasteiger partial charge in [-0.25, -0.2) is 0 Å². The minimum Gasteiger partial charge on any atom is -0.394 e. The lowest BCUT2D eigenvalue weighted by Crippen LogP contribution is -2.60. The fourth-order valence-electron chi connectivity index (χ4n) is 8.03. The number of nitrogens with zero attached hydrogens (tertiary/aromatic N) is 3. The van der Waals surface area contributed by atoms with Crippen LogP contribution in [0.1, 0.15) is 72.3 Å². The summed E-state index contributed by atoms with van der Waals surface area (Å²) >= 11 is 0. The Morgan fingerprint density at radius 3 is 2.33 bits per heavy atom. The average molecular weight is 594 g/mol. The third-order valence-corrected chi connectivity index (χ3v) is 10.2. The van der Waals surface area contributed by atoms with Crippen LogP contribution in [0.25, 0.3) is 0 Å². The Morgan fingerprint density at radius 2 is 1.77 bits per heavy atom. The van der Waals surface area contributed by atoms with Gasteiger partial charge in [-0.05, 0) is 44.1 Å². The average Bonchev–Trinajstić information content (AvgIpc) is 3.59. The minimum absolute atomic E-state index is 0.0698. The topological polar surface area (TPSA) is 90.4 Å². The summed E-state index contributed by atoms with van der Waals surface area (Å²) in [6.45, 7) is 18.6. The highest BCUT2D eigenvalue weighted by Gasteiger charge is 2.79. The quantitative estimate of drug-likeness (QED) is 0.301. The third kappa shape index (κ3) is 5.57. The number of amides is 3. The van der Waals surface area contributed by atoms with Gasteiger partial charge in [0.05, 0.1) is 30.1 Å². The first-order valence-electron chi connectivity index (χ1n) is 16.1. The number of benzene rings is 1. The van der Waals surface area contributed by atoms with Crippen molar-refractivity contribution in [3.63, 3.8) is 0 Å². The van der Waals surface area contributed by atoms with Crippen LogP contribution in [0.5, 0.6) is 0 Å². The molecule has 8 nitrogen and oxygen atoms in total. The lowest BCUT2D eigenvalue weighted by Gasteiger charge is -2.42. The van der Waals surface area contributed by atoms with Crippen molar-refractivity contribution in [2.45, 2.75) is 103 Å². The number of rotatable bonds is 15. The van der Waals surface area contributed by atoms with Gasteiger partial charge in [-0.3, -0.25) is 14.4 Å². The summed E-state index contributed by atoms with van der Waals surface area (Å²) in [5, 5.41) is 10.6. The predicted molar refractivity (Wildman–Crippen MR) is 168 cm³/mol. The Morgan fingerprint density at radius 1 is 1.09 bits per heavy atom. The molecule has 43 heavy (non-hydrogen) atoms. The van der Waals surface area contributed by atoms with Gasteiger partial charge in [0, 0.05) is 25.7 Å². The highest BCUT2D eigenvalue weighted by molar-refractivity contribution is 5.99. The van der Waals surface area contributed by atoms with Crippen molar-refractivity contribution in [2.24, 2.45) is 17.8 Å². The molecule has 4 rings (SSSR count). The van der Waals surface area contributed by atoms with Crippen LogP contribution in [0, 0.1) is 17.8 Å². The van der Waals surface area contributed by atoms with Gasteiger partial charge in [-0.15, -0.1) is 13.2 Å². The Labute approximate surface area is 257 Å². The number of hydrogen-bond acceptors (Lipinski definition) is 5. The van der Waals surface area contributed by atoms with Gasteiger partial charge in [0.2, 0.25) is 17.7 Å². The molecule has 3 amide bonds. The van der Waals surface area contributed by atoms with Crippen molar-refractivity contribution >= 4 is 17.7 Å². The normalized spacial score (nSPS) is 29.0. The van der Waals surface area contributed by atoms with Crippen molar-refractivity contribution in [1.82, 2.24) is 14.7 Å². The number of carbonyl (C=O) groups excluding carboxylic acids is 3. The molecule has 8 heteroatoms. The second-order valence-electron chi connectivity index (χ2n) is 13.0. The minimum atomic E-state index is -1.15. The summed E-state index contributed by atoms with van der Waals surface area (Å²) in [6, 6.07) is 8.20. The molecule has 1 N–H and O–H groups in total. The SMILES string of the molecule is C=CCN(Cc1ccccc1)C(=O)[C@@H]1[C@H]2C(=O)N([C@@H](CO)C(C)C)C(C(=O)N(CC=C)C(C)CCC)C23CC[C@@]1(CC)O3. The fraction of sp³-hybridized carbons (Fsp3) is 0.629. The molecule has 1 spiro atoms. The number of ether oxygens (including phenoxy) is 1. The molecule has 0 saturated carbocycles. The summed E-state index contributed by atoms with van der Waals surface area (Å²) in [5.74, 6) is -2.27. The van der Waals surface area contributed by atoms with Gasteiger partial charge in [-0.2, -0.15) is 0 Å². The van der Waals surface area contributed by atoms with E-state index in [2.05, 4.69) is 20.1 Å². The van der Waals surface area contributed by atoms with Crippen LogP contribution >= 0.6 is 0 Å². The Bertz CT molecular complexity index is 1190. The molecule has 3 aliphatic heterocycles. The molecule has 0 aliphatic carbocycles. The van der Waals surface area contributed by atoms with Gasteiger partial charge in [0.25, 0.3) is 0 Å².